The highest BCUT2D eigenvalue weighted by atomic mass is 32.2. The number of sulfonamides is 1. The maximum Gasteiger partial charge on any atom is 0.250 e. The van der Waals surface area contributed by atoms with Crippen LogP contribution in [0.5, 0.6) is 0 Å². The van der Waals surface area contributed by atoms with E-state index in [9.17, 15) is 8.42 Å². The Hall–Kier alpha value is -1.25. The maximum absolute atomic E-state index is 12.2. The van der Waals surface area contributed by atoms with E-state index in [0.717, 1.165) is 11.1 Å². The lowest BCUT2D eigenvalue weighted by Crippen LogP contribution is -2.29. The van der Waals surface area contributed by atoms with Crippen LogP contribution in [-0.4, -0.2) is 33.3 Å². The van der Waals surface area contributed by atoms with Crippen LogP contribution in [0.25, 0.3) is 0 Å². The van der Waals surface area contributed by atoms with Crippen LogP contribution >= 0.6 is 11.3 Å². The minimum Gasteiger partial charge on any atom is -0.394 e. The number of aryl methyl sites for hydroxylation is 1. The number of nitrogens with one attached hydrogen (secondary N) is 1. The number of hydrogen-bond acceptors (Lipinski definition) is 5. The minimum absolute atomic E-state index is 0.111. The van der Waals surface area contributed by atoms with Gasteiger partial charge in [-0.05, 0) is 23.9 Å². The van der Waals surface area contributed by atoms with E-state index < -0.39 is 16.1 Å². The summed E-state index contributed by atoms with van der Waals surface area (Å²) < 4.78 is 32.7. The molecule has 5 nitrogen and oxygen atoms in total. The van der Waals surface area contributed by atoms with Gasteiger partial charge in [-0.15, -0.1) is 11.3 Å². The van der Waals surface area contributed by atoms with Gasteiger partial charge in [-0.3, -0.25) is 0 Å². The van der Waals surface area contributed by atoms with Crippen LogP contribution in [0.15, 0.2) is 46.0 Å². The second kappa shape index (κ2) is 7.85. The lowest BCUT2D eigenvalue weighted by Gasteiger charge is -2.18. The number of aliphatic hydroxyl groups is 1. The zero-order chi connectivity index (χ0) is 16.0. The molecule has 1 aromatic heterocycles. The number of aliphatic hydroxyl groups excluding tert-OH is 1. The van der Waals surface area contributed by atoms with Crippen LogP contribution in [0, 0.1) is 6.92 Å². The monoisotopic (exact) mass is 341 g/mol. The first kappa shape index (κ1) is 17.1. The van der Waals surface area contributed by atoms with Crippen molar-refractivity contribution in [2.75, 3.05) is 19.8 Å². The van der Waals surface area contributed by atoms with E-state index in [4.69, 9.17) is 9.84 Å². The molecule has 2 rings (SSSR count). The van der Waals surface area contributed by atoms with Gasteiger partial charge in [0.15, 0.2) is 0 Å². The molecule has 0 amide bonds. The molecule has 0 aliphatic rings. The predicted octanol–water partition coefficient (Wildman–Crippen LogP) is 2.09. The van der Waals surface area contributed by atoms with Gasteiger partial charge in [0.2, 0.25) is 10.0 Å². The van der Waals surface area contributed by atoms with Crippen LogP contribution < -0.4 is 4.72 Å². The Balaban J connectivity index is 2.08. The van der Waals surface area contributed by atoms with Gasteiger partial charge in [-0.1, -0.05) is 35.9 Å². The molecule has 0 unspecified atom stereocenters. The summed E-state index contributed by atoms with van der Waals surface area (Å²) in [6.07, 6.45) is -0.442. The van der Waals surface area contributed by atoms with Gasteiger partial charge in [0, 0.05) is 6.54 Å². The summed E-state index contributed by atoms with van der Waals surface area (Å²) in [5.41, 5.74) is 1.98. The van der Waals surface area contributed by atoms with Gasteiger partial charge in [0.05, 0.1) is 19.3 Å². The molecule has 1 heterocycles. The fourth-order valence-electron chi connectivity index (χ4n) is 1.92. The number of benzene rings is 1. The minimum atomic E-state index is -3.53. The number of rotatable bonds is 8. The third-order valence-electron chi connectivity index (χ3n) is 3.08. The number of hydrogen-bond donors (Lipinski definition) is 2. The van der Waals surface area contributed by atoms with E-state index in [-0.39, 0.29) is 24.0 Å². The maximum atomic E-state index is 12.2. The third-order valence-corrected chi connectivity index (χ3v) is 5.90. The molecule has 2 N–H and O–H groups in total. The van der Waals surface area contributed by atoms with Gasteiger partial charge in [0.25, 0.3) is 0 Å². The first-order valence-electron chi connectivity index (χ1n) is 6.85. The molecule has 0 aliphatic carbocycles. The van der Waals surface area contributed by atoms with Crippen LogP contribution in [0.3, 0.4) is 0 Å². The van der Waals surface area contributed by atoms with Crippen molar-refractivity contribution in [2.24, 2.45) is 0 Å². The van der Waals surface area contributed by atoms with Crippen molar-refractivity contribution in [1.29, 1.82) is 0 Å². The molecule has 1 atom stereocenters. The summed E-state index contributed by atoms with van der Waals surface area (Å²) in [6, 6.07) is 10.9. The van der Waals surface area contributed by atoms with E-state index in [0.29, 0.717) is 0 Å². The summed E-state index contributed by atoms with van der Waals surface area (Å²) >= 11 is 1.17. The average molecular weight is 341 g/mol. The molecule has 0 saturated carbocycles. The fraction of sp³-hybridized carbons (Fsp3) is 0.333. The summed E-state index contributed by atoms with van der Waals surface area (Å²) in [6.45, 7) is 2.13. The Morgan fingerprint density at radius 1 is 1.27 bits per heavy atom. The smallest absolute Gasteiger partial charge is 0.250 e. The molecule has 0 saturated heterocycles. The SMILES string of the molecule is Cc1ccc([C@H](CNS(=O)(=O)c2cccs2)OCCO)cc1. The lowest BCUT2D eigenvalue weighted by atomic mass is 10.1. The zero-order valence-electron chi connectivity index (χ0n) is 12.2. The van der Waals surface area contributed by atoms with E-state index in [2.05, 4.69) is 4.72 Å². The van der Waals surface area contributed by atoms with Crippen molar-refractivity contribution in [3.8, 4) is 0 Å². The zero-order valence-corrected chi connectivity index (χ0v) is 13.9. The van der Waals surface area contributed by atoms with Gasteiger partial charge < -0.3 is 9.84 Å². The molecule has 2 aromatic rings. The Morgan fingerprint density at radius 2 is 2.00 bits per heavy atom. The van der Waals surface area contributed by atoms with Gasteiger partial charge in [0.1, 0.15) is 4.21 Å². The molecule has 0 aliphatic heterocycles. The van der Waals surface area contributed by atoms with E-state index in [1.54, 1.807) is 17.5 Å². The Kier molecular flexibility index (Phi) is 6.10. The lowest BCUT2D eigenvalue weighted by molar-refractivity contribution is 0.0309. The first-order chi connectivity index (χ1) is 10.5. The molecule has 120 valence electrons. The van der Waals surface area contributed by atoms with Crippen molar-refractivity contribution in [3.05, 3.63) is 52.9 Å². The summed E-state index contributed by atoms with van der Waals surface area (Å²) in [7, 11) is -3.53. The van der Waals surface area contributed by atoms with Crippen LogP contribution in [-0.2, 0) is 14.8 Å². The molecular weight excluding hydrogens is 322 g/mol. The Morgan fingerprint density at radius 3 is 2.59 bits per heavy atom. The summed E-state index contributed by atoms with van der Waals surface area (Å²) in [5, 5.41) is 10.6. The van der Waals surface area contributed by atoms with E-state index in [1.807, 2.05) is 31.2 Å². The molecule has 0 spiro atoms. The molecule has 0 bridgehead atoms. The highest BCUT2D eigenvalue weighted by Crippen LogP contribution is 2.20. The van der Waals surface area contributed by atoms with E-state index in [1.165, 1.54) is 11.3 Å². The summed E-state index contributed by atoms with van der Waals surface area (Å²) in [5.74, 6) is 0. The second-order valence-corrected chi connectivity index (χ2v) is 7.72. The molecule has 22 heavy (non-hydrogen) atoms. The van der Waals surface area contributed by atoms with Gasteiger partial charge in [-0.2, -0.15) is 0 Å². The highest BCUT2D eigenvalue weighted by molar-refractivity contribution is 7.91. The average Bonchev–Trinajstić information content (AvgIpc) is 3.04. The largest absolute Gasteiger partial charge is 0.394 e. The summed E-state index contributed by atoms with van der Waals surface area (Å²) in [4.78, 5) is 0. The van der Waals surface area contributed by atoms with Gasteiger partial charge >= 0.3 is 0 Å². The van der Waals surface area contributed by atoms with Crippen molar-refractivity contribution in [2.45, 2.75) is 17.2 Å². The quantitative estimate of drug-likeness (QED) is 0.771. The van der Waals surface area contributed by atoms with Crippen LogP contribution in [0.2, 0.25) is 0 Å². The standard InChI is InChI=1S/C15H19NO4S2/c1-12-4-6-13(7-5-12)14(20-9-8-17)11-16-22(18,19)15-3-2-10-21-15/h2-7,10,14,16-17H,8-9,11H2,1H3/t14-/m0/s1. The first-order valence-corrected chi connectivity index (χ1v) is 9.21. The number of ether oxygens (including phenoxy) is 1. The van der Waals surface area contributed by atoms with Gasteiger partial charge in [-0.25, -0.2) is 13.1 Å². The van der Waals surface area contributed by atoms with E-state index >= 15 is 0 Å². The molecule has 7 heteroatoms. The Labute approximate surface area is 134 Å². The van der Waals surface area contributed by atoms with Crippen molar-refractivity contribution >= 4 is 21.4 Å². The van der Waals surface area contributed by atoms with Crippen LogP contribution in [0.4, 0.5) is 0 Å². The van der Waals surface area contributed by atoms with Crippen molar-refractivity contribution in [1.82, 2.24) is 4.72 Å². The second-order valence-electron chi connectivity index (χ2n) is 4.78. The fourth-order valence-corrected chi connectivity index (χ4v) is 3.99. The molecule has 1 aromatic carbocycles. The van der Waals surface area contributed by atoms with Crippen molar-refractivity contribution in [3.63, 3.8) is 0 Å². The Bertz CT molecular complexity index is 666. The highest BCUT2D eigenvalue weighted by Gasteiger charge is 2.19. The molecular formula is C15H19NO4S2. The van der Waals surface area contributed by atoms with Crippen molar-refractivity contribution < 1.29 is 18.3 Å². The molecule has 0 fully saturated rings. The normalized spacial score (nSPS) is 13.2. The number of thiophene rings is 1. The topological polar surface area (TPSA) is 75.6 Å². The molecule has 0 radical (unpaired) electrons. The predicted molar refractivity (Wildman–Crippen MR) is 86.5 cm³/mol. The van der Waals surface area contributed by atoms with Crippen LogP contribution in [0.1, 0.15) is 17.2 Å². The third kappa shape index (κ3) is 4.62.